The molecule has 1 aliphatic rings. The van der Waals surface area contributed by atoms with Crippen molar-refractivity contribution in [2.45, 2.75) is 44.4 Å². The molecule has 1 saturated heterocycles. The first-order valence-corrected chi connectivity index (χ1v) is 11.9. The number of nitrogens with one attached hydrogen (secondary N) is 1. The lowest BCUT2D eigenvalue weighted by molar-refractivity contribution is -0.120. The van der Waals surface area contributed by atoms with Crippen LogP contribution in [0, 0.1) is 6.92 Å². The number of carbonyl (C=O) groups excluding carboxylic acids is 1. The Balaban J connectivity index is 1.48. The Morgan fingerprint density at radius 1 is 1.17 bits per heavy atom. The van der Waals surface area contributed by atoms with E-state index in [1.54, 1.807) is 24.3 Å². The number of amides is 1. The maximum absolute atomic E-state index is 12.4. The van der Waals surface area contributed by atoms with Gasteiger partial charge in [0, 0.05) is 32.6 Å². The van der Waals surface area contributed by atoms with Crippen molar-refractivity contribution in [1.82, 2.24) is 10.2 Å². The fraction of sp³-hybridized carbons (Fsp3) is 0.435. The number of benzene rings is 2. The van der Waals surface area contributed by atoms with Gasteiger partial charge in [-0.25, -0.2) is 8.42 Å². The topological polar surface area (TPSA) is 75.7 Å². The Morgan fingerprint density at radius 2 is 1.90 bits per heavy atom. The molecule has 1 N–H and O–H groups in total. The van der Waals surface area contributed by atoms with Crippen LogP contribution in [0.3, 0.4) is 0 Å². The minimum absolute atomic E-state index is 0.0540. The standard InChI is InChI=1S/C23H30N2O4S/c1-18-6-8-22(9-7-18)30(27,28)13-10-23(26)24-15-20-4-3-5-21(14-20)17-25-11-12-29-19(2)16-25/h3-9,14,19H,10-13,15-17H2,1-2H3,(H,24,26). The van der Waals surface area contributed by atoms with Crippen LogP contribution in [0.4, 0.5) is 0 Å². The fourth-order valence-electron chi connectivity index (χ4n) is 3.51. The fourth-order valence-corrected chi connectivity index (χ4v) is 4.75. The number of morpholine rings is 1. The van der Waals surface area contributed by atoms with Gasteiger partial charge < -0.3 is 10.1 Å². The van der Waals surface area contributed by atoms with Crippen LogP contribution in [0.25, 0.3) is 0 Å². The van der Waals surface area contributed by atoms with Crippen molar-refractivity contribution in [3.05, 3.63) is 65.2 Å². The highest BCUT2D eigenvalue weighted by atomic mass is 32.2. The first-order chi connectivity index (χ1) is 14.3. The first kappa shape index (κ1) is 22.5. The summed E-state index contributed by atoms with van der Waals surface area (Å²) in [6.07, 6.45) is 0.194. The third-order valence-electron chi connectivity index (χ3n) is 5.19. The molecule has 0 spiro atoms. The first-order valence-electron chi connectivity index (χ1n) is 10.3. The van der Waals surface area contributed by atoms with E-state index in [2.05, 4.69) is 29.3 Å². The number of sulfone groups is 1. The second-order valence-electron chi connectivity index (χ2n) is 7.90. The predicted molar refractivity (Wildman–Crippen MR) is 117 cm³/mol. The van der Waals surface area contributed by atoms with E-state index in [9.17, 15) is 13.2 Å². The van der Waals surface area contributed by atoms with Gasteiger partial charge in [-0.3, -0.25) is 9.69 Å². The number of hydrogen-bond acceptors (Lipinski definition) is 5. The largest absolute Gasteiger partial charge is 0.376 e. The zero-order chi connectivity index (χ0) is 21.6. The van der Waals surface area contributed by atoms with Gasteiger partial charge in [0.1, 0.15) is 0 Å². The third-order valence-corrected chi connectivity index (χ3v) is 6.92. The number of hydrogen-bond donors (Lipinski definition) is 1. The molecular weight excluding hydrogens is 400 g/mol. The molecule has 7 heteroatoms. The lowest BCUT2D eigenvalue weighted by atomic mass is 10.1. The lowest BCUT2D eigenvalue weighted by Crippen LogP contribution is -2.40. The van der Waals surface area contributed by atoms with Crippen LogP contribution in [0.15, 0.2) is 53.4 Å². The SMILES string of the molecule is Cc1ccc(S(=O)(=O)CCC(=O)NCc2cccc(CN3CCOC(C)C3)c2)cc1. The summed E-state index contributed by atoms with van der Waals surface area (Å²) in [5.74, 6) is -0.463. The van der Waals surface area contributed by atoms with Gasteiger partial charge in [0.15, 0.2) is 9.84 Å². The van der Waals surface area contributed by atoms with E-state index >= 15 is 0 Å². The quantitative estimate of drug-likeness (QED) is 0.697. The molecule has 1 amide bonds. The van der Waals surface area contributed by atoms with Gasteiger partial charge in [-0.1, -0.05) is 42.0 Å². The maximum Gasteiger partial charge on any atom is 0.221 e. The summed E-state index contributed by atoms with van der Waals surface area (Å²) in [5.41, 5.74) is 3.19. The Labute approximate surface area is 179 Å². The number of ether oxygens (including phenoxy) is 1. The zero-order valence-electron chi connectivity index (χ0n) is 17.6. The summed E-state index contributed by atoms with van der Waals surface area (Å²) in [6, 6.07) is 14.8. The normalized spacial score (nSPS) is 17.6. The lowest BCUT2D eigenvalue weighted by Gasteiger charge is -2.31. The Bertz CT molecular complexity index is 957. The van der Waals surface area contributed by atoms with E-state index in [4.69, 9.17) is 4.74 Å². The van der Waals surface area contributed by atoms with Crippen molar-refractivity contribution in [2.75, 3.05) is 25.4 Å². The molecule has 1 fully saturated rings. The Morgan fingerprint density at radius 3 is 2.63 bits per heavy atom. The minimum atomic E-state index is -3.46. The van der Waals surface area contributed by atoms with E-state index in [1.165, 1.54) is 5.56 Å². The van der Waals surface area contributed by atoms with Crippen molar-refractivity contribution in [1.29, 1.82) is 0 Å². The van der Waals surface area contributed by atoms with Crippen molar-refractivity contribution in [3.8, 4) is 0 Å². The molecule has 1 aliphatic heterocycles. The van der Waals surface area contributed by atoms with Crippen molar-refractivity contribution >= 4 is 15.7 Å². The third kappa shape index (κ3) is 6.65. The zero-order valence-corrected chi connectivity index (χ0v) is 18.5. The summed E-state index contributed by atoms with van der Waals surface area (Å²) in [4.78, 5) is 14.8. The van der Waals surface area contributed by atoms with Crippen molar-refractivity contribution in [3.63, 3.8) is 0 Å². The summed E-state index contributed by atoms with van der Waals surface area (Å²) in [5, 5.41) is 2.83. The smallest absolute Gasteiger partial charge is 0.221 e. The molecule has 3 rings (SSSR count). The molecule has 2 aromatic rings. The molecule has 1 atom stereocenters. The number of carbonyl (C=O) groups is 1. The average molecular weight is 431 g/mol. The van der Waals surface area contributed by atoms with Crippen LogP contribution in [0.5, 0.6) is 0 Å². The maximum atomic E-state index is 12.4. The number of nitrogens with zero attached hydrogens (tertiary/aromatic N) is 1. The van der Waals surface area contributed by atoms with Crippen LogP contribution in [-0.2, 0) is 32.5 Å². The Hall–Kier alpha value is -2.22. The monoisotopic (exact) mass is 430 g/mol. The second-order valence-corrected chi connectivity index (χ2v) is 10.0. The molecule has 0 aliphatic carbocycles. The molecular formula is C23H30N2O4S. The summed E-state index contributed by atoms with van der Waals surface area (Å²) in [6.45, 7) is 7.80. The Kier molecular flexibility index (Phi) is 7.64. The average Bonchev–Trinajstić information content (AvgIpc) is 2.71. The number of rotatable bonds is 8. The van der Waals surface area contributed by atoms with Gasteiger partial charge in [-0.05, 0) is 37.1 Å². The molecule has 0 bridgehead atoms. The van der Waals surface area contributed by atoms with E-state index in [0.717, 1.165) is 37.4 Å². The molecule has 1 heterocycles. The summed E-state index contributed by atoms with van der Waals surface area (Å²) >= 11 is 0. The molecule has 30 heavy (non-hydrogen) atoms. The van der Waals surface area contributed by atoms with Gasteiger partial charge in [0.25, 0.3) is 0 Å². The molecule has 0 radical (unpaired) electrons. The van der Waals surface area contributed by atoms with E-state index in [0.29, 0.717) is 6.54 Å². The molecule has 0 aromatic heterocycles. The van der Waals surface area contributed by atoms with Crippen LogP contribution < -0.4 is 5.32 Å². The molecule has 6 nitrogen and oxygen atoms in total. The summed E-state index contributed by atoms with van der Waals surface area (Å²) in [7, 11) is -3.46. The van der Waals surface area contributed by atoms with Gasteiger partial charge in [0.05, 0.1) is 23.4 Å². The van der Waals surface area contributed by atoms with Crippen LogP contribution in [0.2, 0.25) is 0 Å². The van der Waals surface area contributed by atoms with Gasteiger partial charge in [0.2, 0.25) is 5.91 Å². The van der Waals surface area contributed by atoms with Gasteiger partial charge >= 0.3 is 0 Å². The van der Waals surface area contributed by atoms with Crippen LogP contribution >= 0.6 is 0 Å². The molecule has 1 unspecified atom stereocenters. The van der Waals surface area contributed by atoms with Crippen molar-refractivity contribution in [2.24, 2.45) is 0 Å². The highest BCUT2D eigenvalue weighted by Crippen LogP contribution is 2.14. The van der Waals surface area contributed by atoms with E-state index in [1.807, 2.05) is 19.1 Å². The second kappa shape index (κ2) is 10.2. The van der Waals surface area contributed by atoms with Gasteiger partial charge in [-0.2, -0.15) is 0 Å². The number of aryl methyl sites for hydroxylation is 1. The minimum Gasteiger partial charge on any atom is -0.376 e. The highest BCUT2D eigenvalue weighted by molar-refractivity contribution is 7.91. The van der Waals surface area contributed by atoms with Crippen LogP contribution in [-0.4, -0.2) is 50.8 Å². The molecule has 162 valence electrons. The summed E-state index contributed by atoms with van der Waals surface area (Å²) < 4.78 is 30.4. The van der Waals surface area contributed by atoms with Crippen molar-refractivity contribution < 1.29 is 17.9 Å². The predicted octanol–water partition coefficient (Wildman–Crippen LogP) is 2.70. The van der Waals surface area contributed by atoms with E-state index < -0.39 is 9.84 Å². The molecule has 0 saturated carbocycles. The van der Waals surface area contributed by atoms with Gasteiger partial charge in [-0.15, -0.1) is 0 Å². The van der Waals surface area contributed by atoms with E-state index in [-0.39, 0.29) is 29.1 Å². The highest BCUT2D eigenvalue weighted by Gasteiger charge is 2.17. The molecule has 2 aromatic carbocycles. The van der Waals surface area contributed by atoms with Crippen LogP contribution in [0.1, 0.15) is 30.0 Å².